The topological polar surface area (TPSA) is 71.1 Å². The van der Waals surface area contributed by atoms with E-state index in [0.29, 0.717) is 6.07 Å². The third-order valence-corrected chi connectivity index (χ3v) is 3.13. The van der Waals surface area contributed by atoms with Crippen LogP contribution < -0.4 is 10.6 Å². The summed E-state index contributed by atoms with van der Waals surface area (Å²) in [5.74, 6) is -2.29. The molecule has 1 heterocycles. The molecule has 126 valence electrons. The monoisotopic (exact) mass is 357 g/mol. The fraction of sp³-hybridized carbons (Fsp3) is 0.133. The molecule has 0 radical (unpaired) electrons. The predicted octanol–water partition coefficient (Wildman–Crippen LogP) is 3.64. The number of nitrogens with one attached hydrogen (secondary N) is 2. The fourth-order valence-electron chi connectivity index (χ4n) is 1.82. The van der Waals surface area contributed by atoms with E-state index >= 15 is 0 Å². The number of rotatable bonds is 2. The predicted molar refractivity (Wildman–Crippen MR) is 82.7 cm³/mol. The number of halogens is 4. The van der Waals surface area contributed by atoms with Crippen molar-refractivity contribution in [1.82, 2.24) is 4.98 Å². The minimum atomic E-state index is -4.73. The number of anilines is 2. The maximum atomic E-state index is 13.0. The van der Waals surface area contributed by atoms with E-state index in [9.17, 15) is 22.8 Å². The average Bonchev–Trinajstić information content (AvgIpc) is 2.48. The van der Waals surface area contributed by atoms with E-state index < -0.39 is 29.2 Å². The number of amides is 2. The van der Waals surface area contributed by atoms with Crippen LogP contribution in [0.5, 0.6) is 0 Å². The summed E-state index contributed by atoms with van der Waals surface area (Å²) in [6, 6.07) is 6.00. The molecule has 0 bridgehead atoms. The van der Waals surface area contributed by atoms with Gasteiger partial charge in [-0.15, -0.1) is 0 Å². The van der Waals surface area contributed by atoms with Crippen molar-refractivity contribution in [2.45, 2.75) is 13.1 Å². The minimum Gasteiger partial charge on any atom is -0.317 e. The highest BCUT2D eigenvalue weighted by Gasteiger charge is 2.34. The third kappa shape index (κ3) is 4.45. The Morgan fingerprint density at radius 1 is 1.08 bits per heavy atom. The summed E-state index contributed by atoms with van der Waals surface area (Å²) in [6.07, 6.45) is -3.31. The maximum Gasteiger partial charge on any atom is 0.418 e. The Bertz CT molecular complexity index is 794. The molecule has 2 rings (SSSR count). The second-order valence-electron chi connectivity index (χ2n) is 4.81. The first kappa shape index (κ1) is 17.7. The van der Waals surface area contributed by atoms with E-state index in [1.165, 1.54) is 18.3 Å². The number of alkyl halides is 3. The molecular formula is C15H11ClF3N3O2. The summed E-state index contributed by atoms with van der Waals surface area (Å²) in [4.78, 5) is 27.4. The van der Waals surface area contributed by atoms with Gasteiger partial charge in [-0.1, -0.05) is 11.6 Å². The van der Waals surface area contributed by atoms with Gasteiger partial charge in [-0.25, -0.2) is 4.98 Å². The smallest absolute Gasteiger partial charge is 0.317 e. The Hall–Kier alpha value is -2.61. The van der Waals surface area contributed by atoms with Crippen molar-refractivity contribution in [2.24, 2.45) is 0 Å². The lowest BCUT2D eigenvalue weighted by molar-refractivity contribution is -0.137. The van der Waals surface area contributed by atoms with Gasteiger partial charge < -0.3 is 10.6 Å². The molecule has 24 heavy (non-hydrogen) atoms. The molecule has 0 saturated carbocycles. The third-order valence-electron chi connectivity index (χ3n) is 2.90. The first-order valence-corrected chi connectivity index (χ1v) is 6.96. The molecule has 0 aliphatic carbocycles. The molecule has 0 spiro atoms. The van der Waals surface area contributed by atoms with Gasteiger partial charge in [-0.05, 0) is 42.8 Å². The van der Waals surface area contributed by atoms with Gasteiger partial charge in [0.2, 0.25) is 0 Å². The van der Waals surface area contributed by atoms with Crippen LogP contribution in [0.4, 0.5) is 24.7 Å². The largest absolute Gasteiger partial charge is 0.418 e. The summed E-state index contributed by atoms with van der Waals surface area (Å²) in [5.41, 5.74) is -0.924. The average molecular weight is 358 g/mol. The highest BCUT2D eigenvalue weighted by molar-refractivity contribution is 6.43. The van der Waals surface area contributed by atoms with Crippen LogP contribution in [0.15, 0.2) is 36.5 Å². The van der Waals surface area contributed by atoms with Crippen molar-refractivity contribution in [1.29, 1.82) is 0 Å². The van der Waals surface area contributed by atoms with Crippen LogP contribution in [0.3, 0.4) is 0 Å². The molecule has 2 aromatic rings. The number of carbonyl (C=O) groups excluding carboxylic acids is 2. The summed E-state index contributed by atoms with van der Waals surface area (Å²) in [7, 11) is 0. The van der Waals surface area contributed by atoms with Gasteiger partial charge in [0.25, 0.3) is 0 Å². The van der Waals surface area contributed by atoms with E-state index in [1.54, 1.807) is 13.0 Å². The van der Waals surface area contributed by atoms with Crippen LogP contribution in [0.2, 0.25) is 5.02 Å². The highest BCUT2D eigenvalue weighted by atomic mass is 35.5. The quantitative estimate of drug-likeness (QED) is 0.806. The Kier molecular flexibility index (Phi) is 5.08. The standard InChI is InChI=1S/C15H11ClF3N3O2/c1-8-4-5-20-12(6-8)22-14(24)13(23)21-11-3-2-9(16)7-10(11)15(17,18)19/h2-7H,1H3,(H,21,23)(H,20,22,24). The molecule has 0 aliphatic heterocycles. The SMILES string of the molecule is Cc1ccnc(NC(=O)C(=O)Nc2ccc(Cl)cc2C(F)(F)F)c1. The van der Waals surface area contributed by atoms with Crippen LogP contribution in [0.1, 0.15) is 11.1 Å². The zero-order valence-electron chi connectivity index (χ0n) is 12.2. The van der Waals surface area contributed by atoms with Crippen LogP contribution in [0.25, 0.3) is 0 Å². The van der Waals surface area contributed by atoms with Gasteiger partial charge in [0, 0.05) is 11.2 Å². The van der Waals surface area contributed by atoms with Crippen molar-refractivity contribution in [3.63, 3.8) is 0 Å². The second kappa shape index (κ2) is 6.88. The zero-order chi connectivity index (χ0) is 17.9. The van der Waals surface area contributed by atoms with Crippen LogP contribution >= 0.6 is 11.6 Å². The Morgan fingerprint density at radius 3 is 2.38 bits per heavy atom. The van der Waals surface area contributed by atoms with Crippen molar-refractivity contribution in [3.8, 4) is 0 Å². The van der Waals surface area contributed by atoms with Crippen LogP contribution in [-0.2, 0) is 15.8 Å². The number of nitrogens with zero attached hydrogens (tertiary/aromatic N) is 1. The van der Waals surface area contributed by atoms with Crippen molar-refractivity contribution < 1.29 is 22.8 Å². The van der Waals surface area contributed by atoms with Gasteiger partial charge in [0.15, 0.2) is 0 Å². The van der Waals surface area contributed by atoms with E-state index in [0.717, 1.165) is 11.6 Å². The fourth-order valence-corrected chi connectivity index (χ4v) is 1.99. The maximum absolute atomic E-state index is 13.0. The van der Waals surface area contributed by atoms with E-state index in [1.807, 2.05) is 5.32 Å². The lowest BCUT2D eigenvalue weighted by Gasteiger charge is -2.14. The van der Waals surface area contributed by atoms with Gasteiger partial charge in [0.1, 0.15) is 5.82 Å². The summed E-state index contributed by atoms with van der Waals surface area (Å²) in [5, 5.41) is 3.98. The molecule has 0 unspecified atom stereocenters. The summed E-state index contributed by atoms with van der Waals surface area (Å²) < 4.78 is 38.9. The van der Waals surface area contributed by atoms with E-state index in [4.69, 9.17) is 11.6 Å². The Morgan fingerprint density at radius 2 is 1.75 bits per heavy atom. The number of aromatic nitrogens is 1. The molecule has 2 N–H and O–H groups in total. The summed E-state index contributed by atoms with van der Waals surface area (Å²) in [6.45, 7) is 1.75. The Labute approximate surface area is 139 Å². The summed E-state index contributed by atoms with van der Waals surface area (Å²) >= 11 is 5.54. The normalized spacial score (nSPS) is 11.0. The molecule has 0 saturated heterocycles. The number of carbonyl (C=O) groups is 2. The number of hydrogen-bond donors (Lipinski definition) is 2. The zero-order valence-corrected chi connectivity index (χ0v) is 13.0. The molecular weight excluding hydrogens is 347 g/mol. The lowest BCUT2D eigenvalue weighted by Crippen LogP contribution is -2.30. The molecule has 5 nitrogen and oxygen atoms in total. The molecule has 9 heteroatoms. The molecule has 1 aromatic carbocycles. The van der Waals surface area contributed by atoms with Crippen LogP contribution in [0, 0.1) is 6.92 Å². The van der Waals surface area contributed by atoms with Crippen molar-refractivity contribution >= 4 is 34.9 Å². The van der Waals surface area contributed by atoms with Gasteiger partial charge in [-0.2, -0.15) is 13.2 Å². The highest BCUT2D eigenvalue weighted by Crippen LogP contribution is 2.36. The Balaban J connectivity index is 2.16. The van der Waals surface area contributed by atoms with Crippen molar-refractivity contribution in [2.75, 3.05) is 10.6 Å². The molecule has 1 aromatic heterocycles. The van der Waals surface area contributed by atoms with E-state index in [-0.39, 0.29) is 10.8 Å². The van der Waals surface area contributed by atoms with E-state index in [2.05, 4.69) is 10.3 Å². The minimum absolute atomic E-state index is 0.113. The van der Waals surface area contributed by atoms with Crippen LogP contribution in [-0.4, -0.2) is 16.8 Å². The number of hydrogen-bond acceptors (Lipinski definition) is 3. The number of benzene rings is 1. The van der Waals surface area contributed by atoms with Gasteiger partial charge in [-0.3, -0.25) is 9.59 Å². The molecule has 0 atom stereocenters. The van der Waals surface area contributed by atoms with Gasteiger partial charge >= 0.3 is 18.0 Å². The lowest BCUT2D eigenvalue weighted by atomic mass is 10.1. The number of aryl methyl sites for hydroxylation is 1. The van der Waals surface area contributed by atoms with Gasteiger partial charge in [0.05, 0.1) is 11.3 Å². The number of pyridine rings is 1. The molecule has 0 aliphatic rings. The first-order valence-electron chi connectivity index (χ1n) is 6.58. The molecule has 2 amide bonds. The van der Waals surface area contributed by atoms with Crippen molar-refractivity contribution in [3.05, 3.63) is 52.7 Å². The second-order valence-corrected chi connectivity index (χ2v) is 5.25. The molecule has 0 fully saturated rings. The first-order chi connectivity index (χ1) is 11.2.